The van der Waals surface area contributed by atoms with Crippen molar-refractivity contribution in [2.75, 3.05) is 31.9 Å². The molecule has 0 bridgehead atoms. The van der Waals surface area contributed by atoms with E-state index in [4.69, 9.17) is 5.73 Å². The monoisotopic (exact) mass is 306 g/mol. The van der Waals surface area contributed by atoms with Crippen LogP contribution in [0.5, 0.6) is 0 Å². The van der Waals surface area contributed by atoms with E-state index in [9.17, 15) is 14.9 Å². The Balaban J connectivity index is 1.79. The van der Waals surface area contributed by atoms with Crippen molar-refractivity contribution >= 4 is 17.3 Å². The number of benzene rings is 1. The molecule has 1 saturated heterocycles. The average Bonchev–Trinajstić information content (AvgIpc) is 2.52. The van der Waals surface area contributed by atoms with Crippen LogP contribution in [-0.4, -0.2) is 41.9 Å². The van der Waals surface area contributed by atoms with Crippen molar-refractivity contribution < 1.29 is 9.72 Å². The van der Waals surface area contributed by atoms with E-state index in [2.05, 4.69) is 10.2 Å². The van der Waals surface area contributed by atoms with Crippen molar-refractivity contribution in [2.24, 2.45) is 0 Å². The van der Waals surface area contributed by atoms with Gasteiger partial charge in [0.15, 0.2) is 0 Å². The van der Waals surface area contributed by atoms with Gasteiger partial charge in [0.2, 0.25) is 0 Å². The first kappa shape index (κ1) is 16.2. The van der Waals surface area contributed by atoms with E-state index in [-0.39, 0.29) is 22.8 Å². The summed E-state index contributed by atoms with van der Waals surface area (Å²) < 4.78 is 0. The smallest absolute Gasteiger partial charge is 0.292 e. The van der Waals surface area contributed by atoms with E-state index in [1.807, 2.05) is 0 Å². The van der Waals surface area contributed by atoms with Gasteiger partial charge < -0.3 is 16.0 Å². The Morgan fingerprint density at radius 2 is 2.05 bits per heavy atom. The minimum atomic E-state index is -0.581. The van der Waals surface area contributed by atoms with Gasteiger partial charge in [-0.05, 0) is 51.0 Å². The second kappa shape index (κ2) is 7.74. The highest BCUT2D eigenvalue weighted by molar-refractivity contribution is 5.95. The summed E-state index contributed by atoms with van der Waals surface area (Å²) in [6.07, 6.45) is 4.69. The number of nitrogens with one attached hydrogen (secondary N) is 1. The quantitative estimate of drug-likeness (QED) is 0.361. The van der Waals surface area contributed by atoms with Gasteiger partial charge in [-0.1, -0.05) is 6.42 Å². The zero-order valence-electron chi connectivity index (χ0n) is 12.6. The van der Waals surface area contributed by atoms with E-state index in [0.29, 0.717) is 6.54 Å². The Morgan fingerprint density at radius 3 is 2.73 bits per heavy atom. The first-order valence-corrected chi connectivity index (χ1v) is 7.62. The molecular weight excluding hydrogens is 284 g/mol. The molecular formula is C15H22N4O3. The highest BCUT2D eigenvalue weighted by Crippen LogP contribution is 2.22. The molecule has 7 heteroatoms. The minimum Gasteiger partial charge on any atom is -0.393 e. The lowest BCUT2D eigenvalue weighted by Crippen LogP contribution is -2.33. The number of nitro groups is 1. The van der Waals surface area contributed by atoms with E-state index >= 15 is 0 Å². The molecule has 0 saturated carbocycles. The summed E-state index contributed by atoms with van der Waals surface area (Å²) >= 11 is 0. The van der Waals surface area contributed by atoms with E-state index in [1.165, 1.54) is 37.5 Å². The number of nitro benzene ring substituents is 1. The Morgan fingerprint density at radius 1 is 1.32 bits per heavy atom. The lowest BCUT2D eigenvalue weighted by Gasteiger charge is -2.26. The first-order chi connectivity index (χ1) is 10.6. The third kappa shape index (κ3) is 4.42. The van der Waals surface area contributed by atoms with Crippen molar-refractivity contribution in [1.82, 2.24) is 10.2 Å². The molecule has 1 aliphatic heterocycles. The standard InChI is InChI=1S/C15H22N4O3/c16-13-6-5-12(11-14(13)19(21)22)15(20)17-7-4-10-18-8-2-1-3-9-18/h5-6,11H,1-4,7-10,16H2,(H,17,20). The summed E-state index contributed by atoms with van der Waals surface area (Å²) in [5.74, 6) is -0.304. The fraction of sp³-hybridized carbons (Fsp3) is 0.533. The lowest BCUT2D eigenvalue weighted by molar-refractivity contribution is -0.383. The Kier molecular flexibility index (Phi) is 5.71. The molecule has 0 aliphatic carbocycles. The normalized spacial score (nSPS) is 15.5. The second-order valence-electron chi connectivity index (χ2n) is 5.54. The van der Waals surface area contributed by atoms with Crippen LogP contribution in [0.4, 0.5) is 11.4 Å². The van der Waals surface area contributed by atoms with Gasteiger partial charge in [0.25, 0.3) is 11.6 Å². The number of nitrogens with two attached hydrogens (primary N) is 1. The molecule has 120 valence electrons. The van der Waals surface area contributed by atoms with Crippen molar-refractivity contribution in [2.45, 2.75) is 25.7 Å². The fourth-order valence-electron chi connectivity index (χ4n) is 2.63. The molecule has 1 aromatic rings. The number of nitrogens with zero attached hydrogens (tertiary/aromatic N) is 2. The SMILES string of the molecule is Nc1ccc(C(=O)NCCCN2CCCCC2)cc1[N+](=O)[O-]. The van der Waals surface area contributed by atoms with Gasteiger partial charge in [0, 0.05) is 18.2 Å². The van der Waals surface area contributed by atoms with Gasteiger partial charge >= 0.3 is 0 Å². The summed E-state index contributed by atoms with van der Waals surface area (Å²) in [6, 6.07) is 4.11. The highest BCUT2D eigenvalue weighted by atomic mass is 16.6. The molecule has 0 unspecified atom stereocenters. The van der Waals surface area contributed by atoms with Crippen molar-refractivity contribution in [3.63, 3.8) is 0 Å². The van der Waals surface area contributed by atoms with E-state index in [1.54, 1.807) is 0 Å². The average molecular weight is 306 g/mol. The van der Waals surface area contributed by atoms with Crippen LogP contribution < -0.4 is 11.1 Å². The molecule has 22 heavy (non-hydrogen) atoms. The lowest BCUT2D eigenvalue weighted by atomic mass is 10.1. The minimum absolute atomic E-state index is 0.0617. The van der Waals surface area contributed by atoms with Crippen LogP contribution in [0.1, 0.15) is 36.0 Å². The zero-order chi connectivity index (χ0) is 15.9. The summed E-state index contributed by atoms with van der Waals surface area (Å²) in [4.78, 5) is 24.6. The zero-order valence-corrected chi connectivity index (χ0v) is 12.6. The number of carbonyl (C=O) groups is 1. The predicted molar refractivity (Wildman–Crippen MR) is 84.8 cm³/mol. The first-order valence-electron chi connectivity index (χ1n) is 7.62. The van der Waals surface area contributed by atoms with Crippen LogP contribution in [0, 0.1) is 10.1 Å². The summed E-state index contributed by atoms with van der Waals surface area (Å²) in [6.45, 7) is 3.81. The van der Waals surface area contributed by atoms with Crippen LogP contribution in [0.15, 0.2) is 18.2 Å². The summed E-state index contributed by atoms with van der Waals surface area (Å²) in [5.41, 5.74) is 5.61. The van der Waals surface area contributed by atoms with Crippen molar-refractivity contribution in [1.29, 1.82) is 0 Å². The predicted octanol–water partition coefficient (Wildman–Crippen LogP) is 1.78. The van der Waals surface area contributed by atoms with Crippen molar-refractivity contribution in [3.05, 3.63) is 33.9 Å². The number of piperidine rings is 1. The van der Waals surface area contributed by atoms with Gasteiger partial charge in [-0.3, -0.25) is 14.9 Å². The topological polar surface area (TPSA) is 102 Å². The highest BCUT2D eigenvalue weighted by Gasteiger charge is 2.15. The van der Waals surface area contributed by atoms with Gasteiger partial charge in [-0.25, -0.2) is 0 Å². The van der Waals surface area contributed by atoms with Crippen LogP contribution in [0.3, 0.4) is 0 Å². The Bertz CT molecular complexity index is 542. The Labute approximate surface area is 129 Å². The molecule has 2 rings (SSSR count). The van der Waals surface area contributed by atoms with Crippen molar-refractivity contribution in [3.8, 4) is 0 Å². The molecule has 1 heterocycles. The fourth-order valence-corrected chi connectivity index (χ4v) is 2.63. The summed E-state index contributed by atoms with van der Waals surface area (Å²) in [7, 11) is 0. The summed E-state index contributed by atoms with van der Waals surface area (Å²) in [5, 5.41) is 13.6. The number of rotatable bonds is 6. The molecule has 0 radical (unpaired) electrons. The van der Waals surface area contributed by atoms with E-state index in [0.717, 1.165) is 26.1 Å². The maximum absolute atomic E-state index is 12.0. The molecule has 1 fully saturated rings. The van der Waals surface area contributed by atoms with E-state index < -0.39 is 4.92 Å². The largest absolute Gasteiger partial charge is 0.393 e. The number of hydrogen-bond acceptors (Lipinski definition) is 5. The number of anilines is 1. The van der Waals surface area contributed by atoms with Gasteiger partial charge in [0.05, 0.1) is 4.92 Å². The van der Waals surface area contributed by atoms with Gasteiger partial charge in [0.1, 0.15) is 5.69 Å². The van der Waals surface area contributed by atoms with Crippen LogP contribution in [0.2, 0.25) is 0 Å². The molecule has 1 aliphatic rings. The molecule has 3 N–H and O–H groups in total. The number of nitrogen functional groups attached to an aromatic ring is 1. The Hall–Kier alpha value is -2.15. The number of carbonyl (C=O) groups excluding carboxylic acids is 1. The van der Waals surface area contributed by atoms with Crippen LogP contribution >= 0.6 is 0 Å². The maximum atomic E-state index is 12.0. The van der Waals surface area contributed by atoms with Crippen LogP contribution in [0.25, 0.3) is 0 Å². The van der Waals surface area contributed by atoms with Gasteiger partial charge in [-0.2, -0.15) is 0 Å². The maximum Gasteiger partial charge on any atom is 0.292 e. The molecule has 0 spiro atoms. The third-order valence-corrected chi connectivity index (χ3v) is 3.87. The molecule has 1 amide bonds. The molecule has 0 aromatic heterocycles. The van der Waals surface area contributed by atoms with Gasteiger partial charge in [-0.15, -0.1) is 0 Å². The number of amides is 1. The molecule has 0 atom stereocenters. The number of likely N-dealkylation sites (tertiary alicyclic amines) is 1. The second-order valence-corrected chi connectivity index (χ2v) is 5.54. The molecule has 1 aromatic carbocycles. The van der Waals surface area contributed by atoms with Crippen LogP contribution in [-0.2, 0) is 0 Å². The number of hydrogen-bond donors (Lipinski definition) is 2. The molecule has 7 nitrogen and oxygen atoms in total. The third-order valence-electron chi connectivity index (χ3n) is 3.87.